The summed E-state index contributed by atoms with van der Waals surface area (Å²) in [7, 11) is 1.91. The molecule has 1 unspecified atom stereocenters. The number of aryl methyl sites for hydroxylation is 1. The molecule has 0 aliphatic rings. The van der Waals surface area contributed by atoms with Crippen molar-refractivity contribution in [2.45, 2.75) is 25.9 Å². The molecule has 0 aliphatic carbocycles. The number of hydrogen-bond donors (Lipinski definition) is 1. The predicted molar refractivity (Wildman–Crippen MR) is 80.8 cm³/mol. The van der Waals surface area contributed by atoms with Crippen molar-refractivity contribution >= 4 is 11.0 Å². The number of nitrogens with one attached hydrogen (secondary N) is 1. The normalized spacial score (nSPS) is 12.7. The van der Waals surface area contributed by atoms with E-state index in [-0.39, 0.29) is 6.04 Å². The molecule has 0 aliphatic heterocycles. The van der Waals surface area contributed by atoms with Gasteiger partial charge in [0.2, 0.25) is 0 Å². The lowest BCUT2D eigenvalue weighted by Gasteiger charge is -2.16. The molecule has 1 N–H and O–H groups in total. The third-order valence-corrected chi connectivity index (χ3v) is 3.43. The van der Waals surface area contributed by atoms with Crippen LogP contribution in [0.5, 0.6) is 0 Å². The fourth-order valence-corrected chi connectivity index (χ4v) is 2.43. The zero-order chi connectivity index (χ0) is 14.7. The smallest absolute Gasteiger partial charge is 0.0951 e. The molecule has 0 amide bonds. The maximum Gasteiger partial charge on any atom is 0.0951 e. The molecule has 108 valence electrons. The largest absolute Gasteiger partial charge is 0.307 e. The summed E-state index contributed by atoms with van der Waals surface area (Å²) in [5.74, 6) is 0. The van der Waals surface area contributed by atoms with Crippen molar-refractivity contribution < 1.29 is 0 Å². The molecule has 6 heteroatoms. The Labute approximate surface area is 123 Å². The van der Waals surface area contributed by atoms with Gasteiger partial charge in [-0.05, 0) is 25.6 Å². The SMILES string of the molecule is CCCn1nncc1C(NC)c1cnc2ccccc2n1. The van der Waals surface area contributed by atoms with Crippen molar-refractivity contribution in [1.82, 2.24) is 30.3 Å². The summed E-state index contributed by atoms with van der Waals surface area (Å²) < 4.78 is 1.91. The topological polar surface area (TPSA) is 68.5 Å². The lowest BCUT2D eigenvalue weighted by molar-refractivity contribution is 0.519. The van der Waals surface area contributed by atoms with Gasteiger partial charge in [0.25, 0.3) is 0 Å². The van der Waals surface area contributed by atoms with Gasteiger partial charge >= 0.3 is 0 Å². The second-order valence-corrected chi connectivity index (χ2v) is 4.89. The molecule has 0 saturated carbocycles. The molecular weight excluding hydrogens is 264 g/mol. The van der Waals surface area contributed by atoms with Gasteiger partial charge in [0.05, 0.1) is 40.9 Å². The number of benzene rings is 1. The number of aromatic nitrogens is 5. The van der Waals surface area contributed by atoms with Gasteiger partial charge < -0.3 is 5.32 Å². The van der Waals surface area contributed by atoms with Crippen LogP contribution in [0.15, 0.2) is 36.7 Å². The van der Waals surface area contributed by atoms with Crippen LogP contribution in [0.4, 0.5) is 0 Å². The third-order valence-electron chi connectivity index (χ3n) is 3.43. The Kier molecular flexibility index (Phi) is 3.87. The Morgan fingerprint density at radius 3 is 2.76 bits per heavy atom. The monoisotopic (exact) mass is 282 g/mol. The molecule has 0 radical (unpaired) electrons. The molecule has 3 rings (SSSR count). The van der Waals surface area contributed by atoms with E-state index in [1.165, 1.54) is 0 Å². The average Bonchev–Trinajstić information content (AvgIpc) is 2.97. The zero-order valence-corrected chi connectivity index (χ0v) is 12.2. The Balaban J connectivity index is 2.03. The Bertz CT molecular complexity index is 736. The van der Waals surface area contributed by atoms with Crippen molar-refractivity contribution in [1.29, 1.82) is 0 Å². The average molecular weight is 282 g/mol. The first-order valence-electron chi connectivity index (χ1n) is 7.10. The molecule has 0 saturated heterocycles. The first-order valence-corrected chi connectivity index (χ1v) is 7.10. The minimum absolute atomic E-state index is 0.0661. The summed E-state index contributed by atoms with van der Waals surface area (Å²) in [6.07, 6.45) is 4.61. The van der Waals surface area contributed by atoms with Crippen LogP contribution in [-0.4, -0.2) is 32.0 Å². The molecule has 0 bridgehead atoms. The summed E-state index contributed by atoms with van der Waals surface area (Å²) in [6.45, 7) is 2.96. The van der Waals surface area contributed by atoms with Gasteiger partial charge in [0.15, 0.2) is 0 Å². The molecular formula is C15H18N6. The minimum Gasteiger partial charge on any atom is -0.307 e. The summed E-state index contributed by atoms with van der Waals surface area (Å²) in [4.78, 5) is 9.19. The highest BCUT2D eigenvalue weighted by Crippen LogP contribution is 2.20. The van der Waals surface area contributed by atoms with Crippen LogP contribution in [-0.2, 0) is 6.54 Å². The number of fused-ring (bicyclic) bond motifs is 1. The molecule has 1 aromatic carbocycles. The quantitative estimate of drug-likeness (QED) is 0.774. The molecule has 0 fully saturated rings. The van der Waals surface area contributed by atoms with Gasteiger partial charge in [0.1, 0.15) is 0 Å². The van der Waals surface area contributed by atoms with Gasteiger partial charge in [-0.15, -0.1) is 5.10 Å². The van der Waals surface area contributed by atoms with E-state index < -0.39 is 0 Å². The predicted octanol–water partition coefficient (Wildman–Crippen LogP) is 1.94. The maximum absolute atomic E-state index is 4.71. The molecule has 2 aromatic heterocycles. The van der Waals surface area contributed by atoms with E-state index in [4.69, 9.17) is 4.98 Å². The van der Waals surface area contributed by atoms with Crippen molar-refractivity contribution in [3.63, 3.8) is 0 Å². The maximum atomic E-state index is 4.71. The van der Waals surface area contributed by atoms with Gasteiger partial charge in [0, 0.05) is 6.54 Å². The van der Waals surface area contributed by atoms with Gasteiger partial charge in [-0.25, -0.2) is 9.67 Å². The molecule has 21 heavy (non-hydrogen) atoms. The molecule has 2 heterocycles. The lowest BCUT2D eigenvalue weighted by atomic mass is 10.1. The van der Waals surface area contributed by atoms with Crippen LogP contribution in [0.2, 0.25) is 0 Å². The third kappa shape index (κ3) is 2.62. The number of para-hydroxylation sites is 2. The van der Waals surface area contributed by atoms with Crippen LogP contribution < -0.4 is 5.32 Å². The van der Waals surface area contributed by atoms with Crippen LogP contribution >= 0.6 is 0 Å². The summed E-state index contributed by atoms with van der Waals surface area (Å²) >= 11 is 0. The number of rotatable bonds is 5. The Hall–Kier alpha value is -2.34. The number of nitrogens with zero attached hydrogens (tertiary/aromatic N) is 5. The summed E-state index contributed by atoms with van der Waals surface area (Å²) in [5.41, 5.74) is 3.67. The fourth-order valence-electron chi connectivity index (χ4n) is 2.43. The van der Waals surface area contributed by atoms with Crippen molar-refractivity contribution in [2.24, 2.45) is 0 Å². The minimum atomic E-state index is -0.0661. The van der Waals surface area contributed by atoms with Crippen LogP contribution in [0, 0.1) is 0 Å². The molecule has 0 spiro atoms. The lowest BCUT2D eigenvalue weighted by Crippen LogP contribution is -2.23. The van der Waals surface area contributed by atoms with Crippen LogP contribution in [0.3, 0.4) is 0 Å². The number of hydrogen-bond acceptors (Lipinski definition) is 5. The Morgan fingerprint density at radius 2 is 2.00 bits per heavy atom. The van der Waals surface area contributed by atoms with E-state index in [1.54, 1.807) is 6.20 Å². The second-order valence-electron chi connectivity index (χ2n) is 4.89. The molecule has 6 nitrogen and oxygen atoms in total. The molecule has 3 aromatic rings. The van der Waals surface area contributed by atoms with Gasteiger partial charge in [-0.1, -0.05) is 24.3 Å². The van der Waals surface area contributed by atoms with Gasteiger partial charge in [-0.2, -0.15) is 0 Å². The van der Waals surface area contributed by atoms with Crippen LogP contribution in [0.1, 0.15) is 30.8 Å². The highest BCUT2D eigenvalue weighted by Gasteiger charge is 2.19. The van der Waals surface area contributed by atoms with E-state index in [2.05, 4.69) is 27.5 Å². The fraction of sp³-hybridized carbons (Fsp3) is 0.333. The van der Waals surface area contributed by atoms with Gasteiger partial charge in [-0.3, -0.25) is 4.98 Å². The van der Waals surface area contributed by atoms with Crippen molar-refractivity contribution in [3.8, 4) is 0 Å². The standard InChI is InChI=1S/C15H18N6/c1-3-8-21-14(10-18-20-21)15(16-2)13-9-17-11-6-4-5-7-12(11)19-13/h4-7,9-10,15-16H,3,8H2,1-2H3. The highest BCUT2D eigenvalue weighted by molar-refractivity contribution is 5.73. The van der Waals surface area contributed by atoms with E-state index in [9.17, 15) is 0 Å². The molecule has 1 atom stereocenters. The summed E-state index contributed by atoms with van der Waals surface area (Å²) in [6, 6.07) is 7.80. The van der Waals surface area contributed by atoms with E-state index >= 15 is 0 Å². The van der Waals surface area contributed by atoms with E-state index in [0.29, 0.717) is 0 Å². The van der Waals surface area contributed by atoms with E-state index in [1.807, 2.05) is 42.2 Å². The Morgan fingerprint density at radius 1 is 1.19 bits per heavy atom. The second kappa shape index (κ2) is 5.97. The summed E-state index contributed by atoms with van der Waals surface area (Å²) in [5, 5.41) is 11.4. The van der Waals surface area contributed by atoms with E-state index in [0.717, 1.165) is 35.4 Å². The van der Waals surface area contributed by atoms with Crippen molar-refractivity contribution in [3.05, 3.63) is 48.0 Å². The zero-order valence-electron chi connectivity index (χ0n) is 12.2. The first kappa shape index (κ1) is 13.6. The highest BCUT2D eigenvalue weighted by atomic mass is 15.4. The first-order chi connectivity index (χ1) is 10.3. The van der Waals surface area contributed by atoms with Crippen molar-refractivity contribution in [2.75, 3.05) is 7.05 Å². The van der Waals surface area contributed by atoms with Crippen LogP contribution in [0.25, 0.3) is 11.0 Å².